The lowest BCUT2D eigenvalue weighted by Crippen LogP contribution is -2.36. The molecule has 2 aromatic heterocycles. The van der Waals surface area contributed by atoms with Crippen molar-refractivity contribution in [1.82, 2.24) is 19.5 Å². The second-order valence-electron chi connectivity index (χ2n) is 9.29. The molecule has 34 heavy (non-hydrogen) atoms. The van der Waals surface area contributed by atoms with Gasteiger partial charge in [0.25, 0.3) is 10.1 Å². The number of nitrogens with zero attached hydrogens (tertiary/aromatic N) is 5. The molecule has 0 radical (unpaired) electrons. The molecule has 1 atom stereocenters. The van der Waals surface area contributed by atoms with Gasteiger partial charge in [-0.3, -0.25) is 8.98 Å². The highest BCUT2D eigenvalue weighted by Crippen LogP contribution is 2.38. The molecule has 0 spiro atoms. The molecule has 1 fully saturated rings. The van der Waals surface area contributed by atoms with Crippen molar-refractivity contribution in [1.29, 1.82) is 0 Å². The number of carbonyl (C=O) groups is 1. The molecular formula is C23H34N6O4S. The minimum absolute atomic E-state index is 0.00563. The Labute approximate surface area is 201 Å². The molecule has 4 heterocycles. The molecule has 2 aliphatic rings. The summed E-state index contributed by atoms with van der Waals surface area (Å²) < 4.78 is 29.8. The Balaban J connectivity index is 1.48. The molecule has 1 amide bonds. The van der Waals surface area contributed by atoms with Gasteiger partial charge in [0.05, 0.1) is 18.6 Å². The number of anilines is 2. The van der Waals surface area contributed by atoms with Gasteiger partial charge < -0.3 is 14.8 Å². The van der Waals surface area contributed by atoms with Crippen molar-refractivity contribution < 1.29 is 17.4 Å². The summed E-state index contributed by atoms with van der Waals surface area (Å²) >= 11 is 0. The smallest absolute Gasteiger partial charge is 0.264 e. The maximum atomic E-state index is 11.9. The first-order chi connectivity index (χ1) is 16.2. The van der Waals surface area contributed by atoms with Crippen LogP contribution in [0.25, 0.3) is 0 Å². The van der Waals surface area contributed by atoms with E-state index in [4.69, 9.17) is 9.17 Å². The normalized spacial score (nSPS) is 19.2. The predicted octanol–water partition coefficient (Wildman–Crippen LogP) is 2.82. The van der Waals surface area contributed by atoms with Crippen molar-refractivity contribution in [2.45, 2.75) is 70.8 Å². The molecule has 10 nitrogen and oxygen atoms in total. The number of unbranched alkanes of at least 4 members (excludes halogenated alkanes) is 1. The Hall–Kier alpha value is -2.53. The lowest BCUT2D eigenvalue weighted by molar-refractivity contribution is -0.116. The van der Waals surface area contributed by atoms with Crippen molar-refractivity contribution in [2.24, 2.45) is 0 Å². The Morgan fingerprint density at radius 3 is 2.71 bits per heavy atom. The Bertz CT molecular complexity index is 1120. The van der Waals surface area contributed by atoms with Crippen LogP contribution in [0.3, 0.4) is 0 Å². The Kier molecular flexibility index (Phi) is 7.51. The van der Waals surface area contributed by atoms with Crippen molar-refractivity contribution in [2.75, 3.05) is 36.2 Å². The van der Waals surface area contributed by atoms with E-state index in [2.05, 4.69) is 31.7 Å². The standard InChI is InChI=1S/C23H34N6O4S/c1-4-5-6-18-14-29(11-12-33-34(3,31)32)22(26-18)17-7-9-28(10-8-17)23-20-16(2)13-19(30)27-21(20)24-15-25-23/h14-17H,4-13H2,1-3H3,(H,24,25,27,30). The monoisotopic (exact) mass is 490 g/mol. The van der Waals surface area contributed by atoms with Gasteiger partial charge in [0, 0.05) is 43.7 Å². The quantitative estimate of drug-likeness (QED) is 0.533. The first kappa shape index (κ1) is 24.6. The van der Waals surface area contributed by atoms with Crippen LogP contribution in [0.1, 0.15) is 74.9 Å². The number of fused-ring (bicyclic) bond motifs is 1. The highest BCUT2D eigenvalue weighted by Gasteiger charge is 2.31. The average molecular weight is 491 g/mol. The third-order valence-electron chi connectivity index (χ3n) is 6.54. The van der Waals surface area contributed by atoms with Crippen LogP contribution in [0.15, 0.2) is 12.5 Å². The summed E-state index contributed by atoms with van der Waals surface area (Å²) in [6.45, 7) is 6.41. The SMILES string of the molecule is CCCCc1cn(CCOS(C)(=O)=O)c(C2CCN(c3ncnc4c3C(C)CC(=O)N4)CC2)n1. The zero-order valence-corrected chi connectivity index (χ0v) is 21.0. The molecule has 1 unspecified atom stereocenters. The molecule has 4 rings (SSSR count). The number of imidazole rings is 1. The molecule has 0 aliphatic carbocycles. The number of carbonyl (C=O) groups excluding carboxylic acids is 1. The van der Waals surface area contributed by atoms with Crippen LogP contribution in [0.5, 0.6) is 0 Å². The first-order valence-corrected chi connectivity index (χ1v) is 13.9. The van der Waals surface area contributed by atoms with E-state index in [-0.39, 0.29) is 24.3 Å². The second kappa shape index (κ2) is 10.4. The third-order valence-corrected chi connectivity index (χ3v) is 7.13. The summed E-state index contributed by atoms with van der Waals surface area (Å²) in [7, 11) is -3.47. The van der Waals surface area contributed by atoms with E-state index < -0.39 is 10.1 Å². The summed E-state index contributed by atoms with van der Waals surface area (Å²) in [5, 5.41) is 2.88. The highest BCUT2D eigenvalue weighted by atomic mass is 32.2. The largest absolute Gasteiger partial charge is 0.356 e. The third kappa shape index (κ3) is 5.75. The van der Waals surface area contributed by atoms with E-state index in [0.29, 0.717) is 18.8 Å². The zero-order chi connectivity index (χ0) is 24.3. The zero-order valence-electron chi connectivity index (χ0n) is 20.2. The van der Waals surface area contributed by atoms with Crippen LogP contribution in [-0.4, -0.2) is 59.8 Å². The molecule has 0 bridgehead atoms. The van der Waals surface area contributed by atoms with E-state index in [9.17, 15) is 13.2 Å². The van der Waals surface area contributed by atoms with Crippen molar-refractivity contribution in [3.63, 3.8) is 0 Å². The maximum Gasteiger partial charge on any atom is 0.264 e. The topological polar surface area (TPSA) is 119 Å². The molecule has 0 saturated carbocycles. The Morgan fingerprint density at radius 1 is 1.24 bits per heavy atom. The van der Waals surface area contributed by atoms with Crippen LogP contribution >= 0.6 is 0 Å². The number of piperidine rings is 1. The summed E-state index contributed by atoms with van der Waals surface area (Å²) in [5.74, 6) is 2.89. The van der Waals surface area contributed by atoms with Gasteiger partial charge in [-0.1, -0.05) is 20.3 Å². The average Bonchev–Trinajstić information content (AvgIpc) is 3.19. The minimum Gasteiger partial charge on any atom is -0.356 e. The van der Waals surface area contributed by atoms with Gasteiger partial charge in [-0.2, -0.15) is 8.42 Å². The van der Waals surface area contributed by atoms with Gasteiger partial charge in [-0.15, -0.1) is 0 Å². The molecule has 0 aromatic carbocycles. The van der Waals surface area contributed by atoms with Crippen molar-refractivity contribution in [3.05, 3.63) is 29.6 Å². The number of amides is 1. The van der Waals surface area contributed by atoms with E-state index in [0.717, 1.165) is 74.3 Å². The van der Waals surface area contributed by atoms with E-state index in [1.54, 1.807) is 0 Å². The number of aryl methyl sites for hydroxylation is 1. The fourth-order valence-electron chi connectivity index (χ4n) is 4.86. The lowest BCUT2D eigenvalue weighted by atomic mass is 9.92. The fourth-order valence-corrected chi connectivity index (χ4v) is 5.24. The lowest BCUT2D eigenvalue weighted by Gasteiger charge is -2.35. The minimum atomic E-state index is -3.47. The number of aromatic nitrogens is 4. The van der Waals surface area contributed by atoms with Crippen LogP contribution in [0, 0.1) is 0 Å². The van der Waals surface area contributed by atoms with Gasteiger partial charge in [0.15, 0.2) is 0 Å². The molecule has 1 saturated heterocycles. The highest BCUT2D eigenvalue weighted by molar-refractivity contribution is 7.85. The first-order valence-electron chi connectivity index (χ1n) is 12.0. The number of rotatable bonds is 9. The Morgan fingerprint density at radius 2 is 2.00 bits per heavy atom. The number of hydrogen-bond acceptors (Lipinski definition) is 8. The maximum absolute atomic E-state index is 11.9. The van der Waals surface area contributed by atoms with Crippen LogP contribution in [0.4, 0.5) is 11.6 Å². The molecule has 11 heteroatoms. The van der Waals surface area contributed by atoms with Crippen molar-refractivity contribution >= 4 is 27.7 Å². The summed E-state index contributed by atoms with van der Waals surface area (Å²) in [6.07, 6.45) is 10.00. The van der Waals surface area contributed by atoms with E-state index >= 15 is 0 Å². The van der Waals surface area contributed by atoms with Crippen LogP contribution in [0.2, 0.25) is 0 Å². The van der Waals surface area contributed by atoms with Crippen LogP contribution < -0.4 is 10.2 Å². The van der Waals surface area contributed by atoms with E-state index in [1.807, 2.05) is 13.1 Å². The van der Waals surface area contributed by atoms with Gasteiger partial charge >= 0.3 is 0 Å². The summed E-state index contributed by atoms with van der Waals surface area (Å²) in [4.78, 5) is 28.0. The van der Waals surface area contributed by atoms with Gasteiger partial charge in [0.1, 0.15) is 23.8 Å². The van der Waals surface area contributed by atoms with Gasteiger partial charge in [-0.05, 0) is 31.6 Å². The van der Waals surface area contributed by atoms with Gasteiger partial charge in [-0.25, -0.2) is 15.0 Å². The van der Waals surface area contributed by atoms with Crippen molar-refractivity contribution in [3.8, 4) is 0 Å². The molecule has 186 valence electrons. The predicted molar refractivity (Wildman–Crippen MR) is 130 cm³/mol. The number of nitrogens with one attached hydrogen (secondary N) is 1. The summed E-state index contributed by atoms with van der Waals surface area (Å²) in [5.41, 5.74) is 2.06. The molecule has 2 aliphatic heterocycles. The number of hydrogen-bond donors (Lipinski definition) is 1. The fraction of sp³-hybridized carbons (Fsp3) is 0.652. The second-order valence-corrected chi connectivity index (χ2v) is 10.9. The molecule has 1 N–H and O–H groups in total. The van der Waals surface area contributed by atoms with Gasteiger partial charge in [0.2, 0.25) is 5.91 Å². The molecule has 2 aromatic rings. The van der Waals surface area contributed by atoms with E-state index in [1.165, 1.54) is 6.33 Å². The van der Waals surface area contributed by atoms with Crippen LogP contribution in [-0.2, 0) is 32.1 Å². The molecular weight excluding hydrogens is 456 g/mol. The summed E-state index contributed by atoms with van der Waals surface area (Å²) in [6, 6.07) is 0.